The maximum absolute atomic E-state index is 13.8. The van der Waals surface area contributed by atoms with Gasteiger partial charge in [0.2, 0.25) is 5.91 Å². The Kier molecular flexibility index (Phi) is 20.1. The van der Waals surface area contributed by atoms with Gasteiger partial charge >= 0.3 is 18.2 Å². The van der Waals surface area contributed by atoms with E-state index in [9.17, 15) is 19.2 Å². The normalized spacial score (nSPS) is 13.7. The molecule has 6 rings (SSSR count). The summed E-state index contributed by atoms with van der Waals surface area (Å²) in [7, 11) is 0. The van der Waals surface area contributed by atoms with E-state index in [1.165, 1.54) is 82.4 Å². The number of ether oxygens (including phenoxy) is 3. The van der Waals surface area contributed by atoms with Gasteiger partial charge in [0.1, 0.15) is 30.9 Å². The average molecular weight is 932 g/mol. The molecule has 0 aromatic heterocycles. The summed E-state index contributed by atoms with van der Waals surface area (Å²) in [6.07, 6.45) is 15.9. The van der Waals surface area contributed by atoms with Crippen LogP contribution in [0.15, 0.2) is 97.1 Å². The minimum atomic E-state index is -1.09. The third-order valence-electron chi connectivity index (χ3n) is 12.7. The Labute approximate surface area is 403 Å². The first kappa shape index (κ1) is 51.1. The molecule has 0 heterocycles. The van der Waals surface area contributed by atoms with Gasteiger partial charge in [-0.2, -0.15) is 11.8 Å². The summed E-state index contributed by atoms with van der Waals surface area (Å²) >= 11 is 1.25. The summed E-state index contributed by atoms with van der Waals surface area (Å²) in [5.74, 6) is -1.08. The number of hydrogen-bond acceptors (Lipinski definition) is 8. The fourth-order valence-electron chi connectivity index (χ4n) is 9.25. The summed E-state index contributed by atoms with van der Waals surface area (Å²) in [6.45, 7) is 8.21. The van der Waals surface area contributed by atoms with E-state index in [2.05, 4.69) is 59.3 Å². The lowest BCUT2D eigenvalue weighted by molar-refractivity contribution is -0.156. The van der Waals surface area contributed by atoms with E-state index in [0.29, 0.717) is 6.54 Å². The Morgan fingerprint density at radius 2 is 0.881 bits per heavy atom. The second-order valence-electron chi connectivity index (χ2n) is 19.0. The quantitative estimate of drug-likeness (QED) is 0.0306. The minimum absolute atomic E-state index is 0.0637. The number of thioether (sulfide) groups is 1. The Morgan fingerprint density at radius 3 is 1.28 bits per heavy atom. The van der Waals surface area contributed by atoms with Crippen molar-refractivity contribution in [2.45, 2.75) is 147 Å². The van der Waals surface area contributed by atoms with Crippen LogP contribution in [0.3, 0.4) is 0 Å². The summed E-state index contributed by atoms with van der Waals surface area (Å²) in [6, 6.07) is 30.4. The van der Waals surface area contributed by atoms with Crippen molar-refractivity contribution >= 4 is 35.8 Å². The van der Waals surface area contributed by atoms with Crippen LogP contribution in [0.4, 0.5) is 9.59 Å². The average Bonchev–Trinajstić information content (AvgIpc) is 3.82. The van der Waals surface area contributed by atoms with Gasteiger partial charge in [-0.3, -0.25) is 4.79 Å². The number of carbonyl (C=O) groups excluding carboxylic acids is 4. The van der Waals surface area contributed by atoms with Crippen molar-refractivity contribution in [1.29, 1.82) is 0 Å². The molecule has 0 fully saturated rings. The lowest BCUT2D eigenvalue weighted by Gasteiger charge is -2.25. The zero-order valence-electron chi connectivity index (χ0n) is 40.2. The van der Waals surface area contributed by atoms with Crippen molar-refractivity contribution in [2.75, 3.05) is 31.3 Å². The third kappa shape index (κ3) is 15.4. The Bertz CT molecular complexity index is 2130. The number of esters is 1. The molecule has 10 nitrogen and oxygen atoms in total. The van der Waals surface area contributed by atoms with Crippen LogP contribution in [0.25, 0.3) is 22.3 Å². The minimum Gasteiger partial charge on any atom is -0.458 e. The zero-order valence-corrected chi connectivity index (χ0v) is 41.1. The number of rotatable bonds is 27. The lowest BCUT2D eigenvalue weighted by Crippen LogP contribution is -2.50. The molecule has 3 amide bonds. The monoisotopic (exact) mass is 932 g/mol. The molecule has 0 aliphatic heterocycles. The molecule has 67 heavy (non-hydrogen) atoms. The first-order valence-corrected chi connectivity index (χ1v) is 26.0. The van der Waals surface area contributed by atoms with Gasteiger partial charge in [0.15, 0.2) is 0 Å². The van der Waals surface area contributed by atoms with E-state index in [-0.39, 0.29) is 42.5 Å². The summed E-state index contributed by atoms with van der Waals surface area (Å²) < 4.78 is 17.4. The standard InChI is InChI=1S/C56H73N3O7S/c1-5-6-7-8-9-10-11-12-13-14-15-16-17-26-35-57-52(60)50(58-54(62)64-36-48-44-31-22-18-27-40(44)41-28-19-23-32-45(41)48)38-67-39-51(53(61)66-56(2,3)4)59-55(63)65-37-49-46-33-24-20-29-42(46)43-30-21-25-34-47(43)49/h18-25,27-34,48-51H,5-17,26,35-39H2,1-4H3,(H,57,60)(H,58,62)(H,59,63)/t50-,51-/m0/s1. The van der Waals surface area contributed by atoms with Crippen molar-refractivity contribution in [2.24, 2.45) is 0 Å². The Morgan fingerprint density at radius 1 is 0.522 bits per heavy atom. The van der Waals surface area contributed by atoms with Gasteiger partial charge in [0.25, 0.3) is 0 Å². The lowest BCUT2D eigenvalue weighted by atomic mass is 9.98. The van der Waals surface area contributed by atoms with Crippen LogP contribution in [0.2, 0.25) is 0 Å². The number of alkyl carbamates (subject to hydrolysis) is 2. The van der Waals surface area contributed by atoms with E-state index >= 15 is 0 Å². The van der Waals surface area contributed by atoms with Crippen LogP contribution in [-0.2, 0) is 23.8 Å². The first-order chi connectivity index (χ1) is 32.5. The molecule has 0 saturated heterocycles. The number of carbonyl (C=O) groups is 4. The topological polar surface area (TPSA) is 132 Å². The number of fused-ring (bicyclic) bond motifs is 6. The fraction of sp³-hybridized carbons (Fsp3) is 0.500. The van der Waals surface area contributed by atoms with E-state index in [1.807, 2.05) is 60.7 Å². The van der Waals surface area contributed by atoms with Gasteiger partial charge in [-0.25, -0.2) is 14.4 Å². The molecular weight excluding hydrogens is 859 g/mol. The predicted octanol–water partition coefficient (Wildman–Crippen LogP) is 12.5. The maximum Gasteiger partial charge on any atom is 0.407 e. The maximum atomic E-state index is 13.8. The van der Waals surface area contributed by atoms with E-state index in [0.717, 1.165) is 63.8 Å². The van der Waals surface area contributed by atoms with Gasteiger partial charge in [0.05, 0.1) is 0 Å². The highest BCUT2D eigenvalue weighted by Gasteiger charge is 2.33. The van der Waals surface area contributed by atoms with Crippen LogP contribution in [0.1, 0.15) is 152 Å². The van der Waals surface area contributed by atoms with Crippen molar-refractivity contribution in [3.63, 3.8) is 0 Å². The highest BCUT2D eigenvalue weighted by atomic mass is 32.2. The number of unbranched alkanes of at least 4 members (excludes halogenated alkanes) is 13. The van der Waals surface area contributed by atoms with Crippen molar-refractivity contribution in [3.05, 3.63) is 119 Å². The smallest absolute Gasteiger partial charge is 0.407 e. The first-order valence-electron chi connectivity index (χ1n) is 24.9. The Balaban J connectivity index is 1.02. The highest BCUT2D eigenvalue weighted by Crippen LogP contribution is 2.45. The van der Waals surface area contributed by atoms with E-state index in [1.54, 1.807) is 20.8 Å². The van der Waals surface area contributed by atoms with Crippen LogP contribution < -0.4 is 16.0 Å². The van der Waals surface area contributed by atoms with E-state index < -0.39 is 35.8 Å². The molecule has 3 N–H and O–H groups in total. The van der Waals surface area contributed by atoms with Gasteiger partial charge in [-0.15, -0.1) is 0 Å². The van der Waals surface area contributed by atoms with E-state index in [4.69, 9.17) is 14.2 Å². The molecule has 360 valence electrons. The van der Waals surface area contributed by atoms with Gasteiger partial charge < -0.3 is 30.2 Å². The van der Waals surface area contributed by atoms with Crippen LogP contribution in [0, 0.1) is 0 Å². The molecular formula is C56H73N3O7S. The molecule has 2 aliphatic rings. The molecule has 2 atom stereocenters. The summed E-state index contributed by atoms with van der Waals surface area (Å²) in [5, 5.41) is 8.59. The molecule has 0 bridgehead atoms. The number of benzene rings is 4. The molecule has 0 spiro atoms. The summed E-state index contributed by atoms with van der Waals surface area (Å²) in [5.41, 5.74) is 7.98. The molecule has 0 saturated carbocycles. The van der Waals surface area contributed by atoms with Crippen molar-refractivity contribution in [3.8, 4) is 22.3 Å². The summed E-state index contributed by atoms with van der Waals surface area (Å²) in [4.78, 5) is 54.3. The van der Waals surface area contributed by atoms with Crippen LogP contribution in [0.5, 0.6) is 0 Å². The number of hydrogen-bond donors (Lipinski definition) is 3. The van der Waals surface area contributed by atoms with Crippen molar-refractivity contribution < 1.29 is 33.4 Å². The molecule has 0 radical (unpaired) electrons. The van der Waals surface area contributed by atoms with Crippen LogP contribution >= 0.6 is 11.8 Å². The zero-order chi connectivity index (χ0) is 47.4. The number of nitrogens with one attached hydrogen (secondary N) is 3. The molecule has 4 aromatic carbocycles. The fourth-order valence-corrected chi connectivity index (χ4v) is 10.3. The molecule has 0 unspecified atom stereocenters. The Hall–Kier alpha value is -5.29. The van der Waals surface area contributed by atoms with Gasteiger partial charge in [-0.05, 0) is 71.7 Å². The second kappa shape index (κ2) is 26.3. The molecule has 4 aromatic rings. The van der Waals surface area contributed by atoms with Crippen molar-refractivity contribution in [1.82, 2.24) is 16.0 Å². The molecule has 11 heteroatoms. The number of amides is 3. The predicted molar refractivity (Wildman–Crippen MR) is 270 cm³/mol. The largest absolute Gasteiger partial charge is 0.458 e. The van der Waals surface area contributed by atoms with Gasteiger partial charge in [-0.1, -0.05) is 187 Å². The third-order valence-corrected chi connectivity index (χ3v) is 13.8. The van der Waals surface area contributed by atoms with Gasteiger partial charge in [0, 0.05) is 29.9 Å². The second-order valence-corrected chi connectivity index (χ2v) is 20.1. The SMILES string of the molecule is CCCCCCCCCCCCCCCCNC(=O)[C@H](CSC[C@H](NC(=O)OCC1c2ccccc2-c2ccccc21)C(=O)OC(C)(C)C)NC(=O)OCC1c2ccccc2-c2ccccc21. The van der Waals surface area contributed by atoms with Crippen LogP contribution in [-0.4, -0.2) is 73.0 Å². The highest BCUT2D eigenvalue weighted by molar-refractivity contribution is 7.99. The molecule has 2 aliphatic carbocycles.